The first-order valence-corrected chi connectivity index (χ1v) is 9.79. The highest BCUT2D eigenvalue weighted by Crippen LogP contribution is 2.19. The van der Waals surface area contributed by atoms with E-state index in [1.54, 1.807) is 30.5 Å². The van der Waals surface area contributed by atoms with Gasteiger partial charge in [-0.2, -0.15) is 0 Å². The third-order valence-electron chi connectivity index (χ3n) is 4.61. The lowest BCUT2D eigenvalue weighted by atomic mass is 10.1. The first-order valence-electron chi connectivity index (χ1n) is 9.79. The zero-order valence-electron chi connectivity index (χ0n) is 16.6. The third kappa shape index (κ3) is 4.84. The van der Waals surface area contributed by atoms with Gasteiger partial charge in [-0.25, -0.2) is 0 Å². The lowest BCUT2D eigenvalue weighted by Gasteiger charge is -2.12. The largest absolute Gasteiger partial charge is 0.490 e. The normalized spacial score (nSPS) is 10.5. The van der Waals surface area contributed by atoms with Gasteiger partial charge < -0.3 is 14.5 Å². The molecule has 4 rings (SSSR count). The van der Waals surface area contributed by atoms with Crippen LogP contribution in [0.1, 0.15) is 20.7 Å². The number of amides is 2. The number of carbonyl (C=O) groups excluding carboxylic acids is 2. The third-order valence-corrected chi connectivity index (χ3v) is 4.61. The molecule has 3 N–H and O–H groups in total. The highest BCUT2D eigenvalue weighted by molar-refractivity contribution is 6.07. The highest BCUT2D eigenvalue weighted by Gasteiger charge is 2.15. The second-order valence-electron chi connectivity index (χ2n) is 6.66. The van der Waals surface area contributed by atoms with Crippen LogP contribution in [0, 0.1) is 0 Å². The van der Waals surface area contributed by atoms with E-state index in [1.165, 1.54) is 0 Å². The minimum Gasteiger partial charge on any atom is -0.490 e. The summed E-state index contributed by atoms with van der Waals surface area (Å²) in [4.78, 5) is 28.1. The van der Waals surface area contributed by atoms with E-state index >= 15 is 0 Å². The van der Waals surface area contributed by atoms with E-state index in [0.29, 0.717) is 23.5 Å². The second kappa shape index (κ2) is 9.49. The number of rotatable bonds is 7. The van der Waals surface area contributed by atoms with Crippen LogP contribution >= 0.6 is 0 Å². The Bertz CT molecular complexity index is 1190. The van der Waals surface area contributed by atoms with Crippen molar-refractivity contribution in [2.75, 3.05) is 13.2 Å². The van der Waals surface area contributed by atoms with Crippen LogP contribution < -0.4 is 20.3 Å². The van der Waals surface area contributed by atoms with Gasteiger partial charge in [-0.3, -0.25) is 20.4 Å². The van der Waals surface area contributed by atoms with Crippen molar-refractivity contribution >= 4 is 22.7 Å². The SMILES string of the molecule is O=C(NNC(=O)c1c[nH]c2ccccc12)c1ccccc1OCCOc1ccccc1. The number of aromatic amines is 1. The van der Waals surface area contributed by atoms with Crippen molar-refractivity contribution in [3.63, 3.8) is 0 Å². The van der Waals surface area contributed by atoms with Crippen molar-refractivity contribution in [2.45, 2.75) is 0 Å². The van der Waals surface area contributed by atoms with Crippen molar-refractivity contribution in [3.8, 4) is 11.5 Å². The van der Waals surface area contributed by atoms with E-state index in [9.17, 15) is 9.59 Å². The summed E-state index contributed by atoms with van der Waals surface area (Å²) in [5.74, 6) is 0.253. The molecule has 0 fully saturated rings. The van der Waals surface area contributed by atoms with Crippen LogP contribution in [-0.2, 0) is 0 Å². The molecular weight excluding hydrogens is 394 g/mol. The summed E-state index contributed by atoms with van der Waals surface area (Å²) in [6.07, 6.45) is 1.61. The summed E-state index contributed by atoms with van der Waals surface area (Å²) in [5.41, 5.74) is 6.49. The summed E-state index contributed by atoms with van der Waals surface area (Å²) in [5, 5.41) is 0.774. The van der Waals surface area contributed by atoms with Crippen LogP contribution in [0.3, 0.4) is 0 Å². The van der Waals surface area contributed by atoms with E-state index in [2.05, 4.69) is 15.8 Å². The van der Waals surface area contributed by atoms with Crippen molar-refractivity contribution in [1.29, 1.82) is 0 Å². The molecule has 0 atom stereocenters. The molecule has 0 saturated carbocycles. The lowest BCUT2D eigenvalue weighted by molar-refractivity contribution is 0.0844. The monoisotopic (exact) mass is 415 g/mol. The van der Waals surface area contributed by atoms with Crippen molar-refractivity contribution < 1.29 is 19.1 Å². The quantitative estimate of drug-likeness (QED) is 0.317. The number of ether oxygens (including phenoxy) is 2. The Hall–Kier alpha value is -4.26. The molecule has 0 saturated heterocycles. The number of para-hydroxylation sites is 3. The minimum absolute atomic E-state index is 0.265. The second-order valence-corrected chi connectivity index (χ2v) is 6.66. The molecule has 4 aromatic rings. The molecule has 7 nitrogen and oxygen atoms in total. The maximum atomic E-state index is 12.6. The van der Waals surface area contributed by atoms with Crippen molar-refractivity contribution in [2.24, 2.45) is 0 Å². The number of carbonyl (C=O) groups is 2. The summed E-state index contributed by atoms with van der Waals surface area (Å²) in [7, 11) is 0. The van der Waals surface area contributed by atoms with Crippen LogP contribution in [0.15, 0.2) is 85.1 Å². The molecule has 0 spiro atoms. The van der Waals surface area contributed by atoms with E-state index in [4.69, 9.17) is 9.47 Å². The van der Waals surface area contributed by atoms with Gasteiger partial charge in [0.2, 0.25) is 0 Å². The fourth-order valence-corrected chi connectivity index (χ4v) is 3.12. The number of benzene rings is 3. The first kappa shape index (κ1) is 20.0. The number of hydrogen-bond donors (Lipinski definition) is 3. The molecule has 0 unspecified atom stereocenters. The van der Waals surface area contributed by atoms with Crippen LogP contribution in [0.25, 0.3) is 10.9 Å². The average molecular weight is 415 g/mol. The Morgan fingerprint density at radius 3 is 2.19 bits per heavy atom. The van der Waals surface area contributed by atoms with E-state index in [1.807, 2.05) is 54.6 Å². The van der Waals surface area contributed by atoms with E-state index in [-0.39, 0.29) is 6.61 Å². The smallest absolute Gasteiger partial charge is 0.273 e. The molecule has 2 amide bonds. The number of hydrogen-bond acceptors (Lipinski definition) is 4. The predicted molar refractivity (Wildman–Crippen MR) is 117 cm³/mol. The van der Waals surface area contributed by atoms with Crippen LogP contribution in [0.2, 0.25) is 0 Å². The maximum absolute atomic E-state index is 12.6. The van der Waals surface area contributed by atoms with Crippen LogP contribution in [0.4, 0.5) is 0 Å². The maximum Gasteiger partial charge on any atom is 0.273 e. The Morgan fingerprint density at radius 2 is 1.35 bits per heavy atom. The van der Waals surface area contributed by atoms with Gasteiger partial charge >= 0.3 is 0 Å². The molecule has 0 aliphatic rings. The van der Waals surface area contributed by atoms with Crippen LogP contribution in [-0.4, -0.2) is 30.0 Å². The molecule has 156 valence electrons. The Labute approximate surface area is 179 Å². The fraction of sp³-hybridized carbons (Fsp3) is 0.0833. The van der Waals surface area contributed by atoms with Gasteiger partial charge in [0.1, 0.15) is 24.7 Å². The molecule has 7 heteroatoms. The Balaban J connectivity index is 1.33. The standard InChI is InChI=1S/C24H21N3O4/c28-23(26-27-24(29)20-16-25-21-12-6-4-10-18(20)21)19-11-5-7-13-22(19)31-15-14-30-17-8-2-1-3-9-17/h1-13,16,25H,14-15H2,(H,26,28)(H,27,29). The van der Waals surface area contributed by atoms with Gasteiger partial charge in [-0.1, -0.05) is 48.5 Å². The number of fused-ring (bicyclic) bond motifs is 1. The fourth-order valence-electron chi connectivity index (χ4n) is 3.12. The zero-order chi connectivity index (χ0) is 21.5. The average Bonchev–Trinajstić information content (AvgIpc) is 3.25. The summed E-state index contributed by atoms with van der Waals surface area (Å²) < 4.78 is 11.3. The summed E-state index contributed by atoms with van der Waals surface area (Å²) in [6, 6.07) is 23.7. The van der Waals surface area contributed by atoms with Gasteiger partial charge in [0, 0.05) is 17.1 Å². The summed E-state index contributed by atoms with van der Waals surface area (Å²) in [6.45, 7) is 0.595. The minimum atomic E-state index is -0.479. The van der Waals surface area contributed by atoms with Crippen molar-refractivity contribution in [3.05, 3.63) is 96.2 Å². The van der Waals surface area contributed by atoms with Crippen molar-refractivity contribution in [1.82, 2.24) is 15.8 Å². The molecular formula is C24H21N3O4. The van der Waals surface area contributed by atoms with Gasteiger partial charge in [0.25, 0.3) is 11.8 Å². The molecule has 0 radical (unpaired) electrons. The number of aromatic nitrogens is 1. The molecule has 31 heavy (non-hydrogen) atoms. The topological polar surface area (TPSA) is 92.5 Å². The Kier molecular flexibility index (Phi) is 6.13. The number of nitrogens with one attached hydrogen (secondary N) is 3. The predicted octanol–water partition coefficient (Wildman–Crippen LogP) is 3.70. The van der Waals surface area contributed by atoms with Crippen LogP contribution in [0.5, 0.6) is 11.5 Å². The first-order chi connectivity index (χ1) is 15.2. The molecule has 0 aliphatic heterocycles. The lowest BCUT2D eigenvalue weighted by Crippen LogP contribution is -2.41. The molecule has 1 aromatic heterocycles. The highest BCUT2D eigenvalue weighted by atomic mass is 16.5. The van der Waals surface area contributed by atoms with E-state index < -0.39 is 11.8 Å². The van der Waals surface area contributed by atoms with Gasteiger partial charge in [0.15, 0.2) is 0 Å². The van der Waals surface area contributed by atoms with Gasteiger partial charge in [-0.05, 0) is 30.3 Å². The molecule has 3 aromatic carbocycles. The van der Waals surface area contributed by atoms with Gasteiger partial charge in [-0.15, -0.1) is 0 Å². The summed E-state index contributed by atoms with van der Waals surface area (Å²) >= 11 is 0. The molecule has 1 heterocycles. The zero-order valence-corrected chi connectivity index (χ0v) is 16.6. The Morgan fingerprint density at radius 1 is 0.710 bits per heavy atom. The number of H-pyrrole nitrogens is 1. The molecule has 0 aliphatic carbocycles. The van der Waals surface area contributed by atoms with E-state index in [0.717, 1.165) is 16.7 Å². The van der Waals surface area contributed by atoms with Gasteiger partial charge in [0.05, 0.1) is 11.1 Å². The number of hydrazine groups is 1. The molecule has 0 bridgehead atoms.